The number of aryl methyl sites for hydroxylation is 2. The first-order chi connectivity index (χ1) is 6.06. The van der Waals surface area contributed by atoms with Gasteiger partial charge in [0.05, 0.1) is 11.8 Å². The molecule has 1 atom stereocenters. The first kappa shape index (κ1) is 8.75. The van der Waals surface area contributed by atoms with Crippen LogP contribution in [0.1, 0.15) is 31.0 Å². The Labute approximate surface area is 78.4 Å². The van der Waals surface area contributed by atoms with Gasteiger partial charge < -0.3 is 5.11 Å². The number of rotatable bonds is 2. The van der Waals surface area contributed by atoms with Crippen molar-refractivity contribution < 1.29 is 5.11 Å². The van der Waals surface area contributed by atoms with Crippen molar-refractivity contribution >= 4 is 0 Å². The molecule has 1 fully saturated rings. The van der Waals surface area contributed by atoms with Crippen LogP contribution in [0.5, 0.6) is 0 Å². The summed E-state index contributed by atoms with van der Waals surface area (Å²) in [5.41, 5.74) is 2.26. The predicted octanol–water partition coefficient (Wildman–Crippen LogP) is 1.14. The van der Waals surface area contributed by atoms with Gasteiger partial charge in [0.2, 0.25) is 0 Å². The standard InChI is InChI=1S/C10H16N2O/c1-7-6-12(3)11-9(7)10(4-5-10)8(2)13/h6,8,13H,4-5H2,1-3H3. The summed E-state index contributed by atoms with van der Waals surface area (Å²) in [5, 5.41) is 14.1. The van der Waals surface area contributed by atoms with E-state index in [0.717, 1.165) is 18.5 Å². The van der Waals surface area contributed by atoms with Gasteiger partial charge in [-0.15, -0.1) is 0 Å². The number of aromatic nitrogens is 2. The van der Waals surface area contributed by atoms with E-state index in [1.165, 1.54) is 5.56 Å². The number of aliphatic hydroxyl groups is 1. The van der Waals surface area contributed by atoms with Gasteiger partial charge >= 0.3 is 0 Å². The Morgan fingerprint density at radius 2 is 2.23 bits per heavy atom. The number of aliphatic hydroxyl groups excluding tert-OH is 1. The first-order valence-electron chi connectivity index (χ1n) is 4.75. The Morgan fingerprint density at radius 1 is 1.62 bits per heavy atom. The lowest BCUT2D eigenvalue weighted by Crippen LogP contribution is -2.24. The predicted molar refractivity (Wildman–Crippen MR) is 50.5 cm³/mol. The van der Waals surface area contributed by atoms with Gasteiger partial charge in [0, 0.05) is 18.7 Å². The maximum absolute atomic E-state index is 9.68. The summed E-state index contributed by atoms with van der Waals surface area (Å²) < 4.78 is 1.83. The molecule has 3 heteroatoms. The van der Waals surface area contributed by atoms with Crippen molar-refractivity contribution in [3.63, 3.8) is 0 Å². The van der Waals surface area contributed by atoms with E-state index in [2.05, 4.69) is 12.0 Å². The van der Waals surface area contributed by atoms with Crippen molar-refractivity contribution in [2.24, 2.45) is 7.05 Å². The molecule has 0 bridgehead atoms. The highest BCUT2D eigenvalue weighted by Gasteiger charge is 2.51. The zero-order chi connectivity index (χ0) is 9.64. The molecule has 1 unspecified atom stereocenters. The molecule has 3 nitrogen and oxygen atoms in total. The fraction of sp³-hybridized carbons (Fsp3) is 0.700. The van der Waals surface area contributed by atoms with Gasteiger partial charge in [-0.1, -0.05) is 0 Å². The third kappa shape index (κ3) is 1.18. The molecule has 1 aromatic heterocycles. The third-order valence-electron chi connectivity index (χ3n) is 3.07. The van der Waals surface area contributed by atoms with Crippen molar-refractivity contribution in [3.05, 3.63) is 17.5 Å². The SMILES string of the molecule is Cc1cn(C)nc1C1(C(C)O)CC1. The second-order valence-electron chi connectivity index (χ2n) is 4.17. The summed E-state index contributed by atoms with van der Waals surface area (Å²) in [6.07, 6.45) is 3.88. The van der Waals surface area contributed by atoms with Gasteiger partial charge in [0.25, 0.3) is 0 Å². The molecule has 1 N–H and O–H groups in total. The van der Waals surface area contributed by atoms with Crippen molar-refractivity contribution in [3.8, 4) is 0 Å². The molecule has 13 heavy (non-hydrogen) atoms. The van der Waals surface area contributed by atoms with E-state index in [4.69, 9.17) is 0 Å². The average Bonchev–Trinajstić information content (AvgIpc) is 2.75. The number of hydrogen-bond acceptors (Lipinski definition) is 2. The Bertz CT molecular complexity index is 324. The zero-order valence-electron chi connectivity index (χ0n) is 8.41. The molecule has 2 rings (SSSR count). The minimum Gasteiger partial charge on any atom is -0.392 e. The quantitative estimate of drug-likeness (QED) is 0.741. The topological polar surface area (TPSA) is 38.0 Å². The maximum Gasteiger partial charge on any atom is 0.0740 e. The molecule has 0 aromatic carbocycles. The van der Waals surface area contributed by atoms with Gasteiger partial charge in [0.1, 0.15) is 0 Å². The van der Waals surface area contributed by atoms with E-state index in [0.29, 0.717) is 0 Å². The molecular weight excluding hydrogens is 164 g/mol. The van der Waals surface area contributed by atoms with Crippen LogP contribution >= 0.6 is 0 Å². The summed E-state index contributed by atoms with van der Waals surface area (Å²) >= 11 is 0. The smallest absolute Gasteiger partial charge is 0.0740 e. The van der Waals surface area contributed by atoms with Crippen molar-refractivity contribution in [1.82, 2.24) is 9.78 Å². The summed E-state index contributed by atoms with van der Waals surface area (Å²) in [5.74, 6) is 0. The highest BCUT2D eigenvalue weighted by molar-refractivity contribution is 5.32. The molecule has 0 radical (unpaired) electrons. The van der Waals surface area contributed by atoms with E-state index in [-0.39, 0.29) is 11.5 Å². The van der Waals surface area contributed by atoms with Crippen molar-refractivity contribution in [1.29, 1.82) is 0 Å². The van der Waals surface area contributed by atoms with Gasteiger partial charge in [-0.2, -0.15) is 5.10 Å². The van der Waals surface area contributed by atoms with E-state index in [1.54, 1.807) is 0 Å². The van der Waals surface area contributed by atoms with Gasteiger partial charge in [-0.3, -0.25) is 4.68 Å². The summed E-state index contributed by atoms with van der Waals surface area (Å²) in [7, 11) is 1.93. The lowest BCUT2D eigenvalue weighted by molar-refractivity contribution is 0.148. The average molecular weight is 180 g/mol. The fourth-order valence-corrected chi connectivity index (χ4v) is 2.09. The van der Waals surface area contributed by atoms with Crippen LogP contribution in [0, 0.1) is 6.92 Å². The molecule has 1 heterocycles. The number of hydrogen-bond donors (Lipinski definition) is 1. The molecule has 1 aromatic rings. The molecule has 1 aliphatic carbocycles. The van der Waals surface area contributed by atoms with Crippen LogP contribution in [0.15, 0.2) is 6.20 Å². The molecule has 1 aliphatic rings. The highest BCUT2D eigenvalue weighted by Crippen LogP contribution is 2.51. The van der Waals surface area contributed by atoms with Crippen LogP contribution in [-0.4, -0.2) is 21.0 Å². The maximum atomic E-state index is 9.68. The van der Waals surface area contributed by atoms with E-state index >= 15 is 0 Å². The van der Waals surface area contributed by atoms with Crippen LogP contribution in [0.25, 0.3) is 0 Å². The Hall–Kier alpha value is -0.830. The zero-order valence-corrected chi connectivity index (χ0v) is 8.41. The lowest BCUT2D eigenvalue weighted by Gasteiger charge is -2.16. The van der Waals surface area contributed by atoms with Gasteiger partial charge in [0.15, 0.2) is 0 Å². The highest BCUT2D eigenvalue weighted by atomic mass is 16.3. The molecule has 0 aliphatic heterocycles. The minimum absolute atomic E-state index is 0.0225. The second kappa shape index (κ2) is 2.58. The van der Waals surface area contributed by atoms with E-state index < -0.39 is 0 Å². The molecule has 0 saturated heterocycles. The molecular formula is C10H16N2O. The van der Waals surface area contributed by atoms with Gasteiger partial charge in [-0.25, -0.2) is 0 Å². The Morgan fingerprint density at radius 3 is 2.54 bits per heavy atom. The molecule has 1 saturated carbocycles. The largest absolute Gasteiger partial charge is 0.392 e. The van der Waals surface area contributed by atoms with Gasteiger partial charge in [-0.05, 0) is 32.3 Å². The van der Waals surface area contributed by atoms with Crippen molar-refractivity contribution in [2.75, 3.05) is 0 Å². The molecule has 0 spiro atoms. The number of nitrogens with zero attached hydrogens (tertiary/aromatic N) is 2. The summed E-state index contributed by atoms with van der Waals surface area (Å²) in [4.78, 5) is 0. The summed E-state index contributed by atoms with van der Waals surface area (Å²) in [6.45, 7) is 3.92. The van der Waals surface area contributed by atoms with Crippen LogP contribution in [0.4, 0.5) is 0 Å². The minimum atomic E-state index is -0.277. The van der Waals surface area contributed by atoms with Crippen LogP contribution < -0.4 is 0 Å². The third-order valence-corrected chi connectivity index (χ3v) is 3.07. The Kier molecular flexibility index (Phi) is 1.74. The first-order valence-corrected chi connectivity index (χ1v) is 4.75. The summed E-state index contributed by atoms with van der Waals surface area (Å²) in [6, 6.07) is 0. The van der Waals surface area contributed by atoms with Crippen LogP contribution in [0.2, 0.25) is 0 Å². The molecule has 0 amide bonds. The van der Waals surface area contributed by atoms with E-state index in [1.807, 2.05) is 24.9 Å². The van der Waals surface area contributed by atoms with E-state index in [9.17, 15) is 5.11 Å². The second-order valence-corrected chi connectivity index (χ2v) is 4.17. The fourth-order valence-electron chi connectivity index (χ4n) is 2.09. The normalized spacial score (nSPS) is 21.5. The monoisotopic (exact) mass is 180 g/mol. The van der Waals surface area contributed by atoms with Crippen molar-refractivity contribution in [2.45, 2.75) is 38.2 Å². The molecule has 72 valence electrons. The van der Waals surface area contributed by atoms with Crippen LogP contribution in [-0.2, 0) is 12.5 Å². The lowest BCUT2D eigenvalue weighted by atomic mass is 9.94. The van der Waals surface area contributed by atoms with Crippen LogP contribution in [0.3, 0.4) is 0 Å². The Balaban J connectivity index is 2.40.